The van der Waals surface area contributed by atoms with Gasteiger partial charge in [-0.3, -0.25) is 4.68 Å². The SMILES string of the molecule is COC(=O)c1cnn(-c2cc(Br)cc(C#N)c2)c1C1CC1c1cn(C)nn1. The molecule has 1 fully saturated rings. The first-order valence-electron chi connectivity index (χ1n) is 8.25. The zero-order valence-corrected chi connectivity index (χ0v) is 16.2. The van der Waals surface area contributed by atoms with Crippen molar-refractivity contribution >= 4 is 21.9 Å². The lowest BCUT2D eigenvalue weighted by atomic mass is 10.1. The van der Waals surface area contributed by atoms with Crippen LogP contribution in [0.5, 0.6) is 0 Å². The summed E-state index contributed by atoms with van der Waals surface area (Å²) < 4.78 is 9.07. The molecule has 1 aliphatic carbocycles. The molecule has 0 spiro atoms. The van der Waals surface area contributed by atoms with E-state index in [1.54, 1.807) is 21.5 Å². The second-order valence-electron chi connectivity index (χ2n) is 6.42. The van der Waals surface area contributed by atoms with Gasteiger partial charge in [-0.05, 0) is 24.6 Å². The number of esters is 1. The van der Waals surface area contributed by atoms with Crippen molar-refractivity contribution < 1.29 is 9.53 Å². The Kier molecular flexibility index (Phi) is 4.28. The number of methoxy groups -OCH3 is 1. The lowest BCUT2D eigenvalue weighted by molar-refractivity contribution is 0.0599. The van der Waals surface area contributed by atoms with Crippen molar-refractivity contribution in [2.75, 3.05) is 7.11 Å². The molecule has 0 amide bonds. The molecule has 0 saturated heterocycles. The van der Waals surface area contributed by atoms with Crippen LogP contribution in [0.3, 0.4) is 0 Å². The Hall–Kier alpha value is -2.99. The second-order valence-corrected chi connectivity index (χ2v) is 7.34. The third-order valence-corrected chi connectivity index (χ3v) is 5.07. The molecule has 2 unspecified atom stereocenters. The summed E-state index contributed by atoms with van der Waals surface area (Å²) in [6, 6.07) is 7.46. The number of hydrogen-bond acceptors (Lipinski definition) is 6. The van der Waals surface area contributed by atoms with E-state index in [9.17, 15) is 10.1 Å². The van der Waals surface area contributed by atoms with Gasteiger partial charge in [0.15, 0.2) is 0 Å². The number of aryl methyl sites for hydroxylation is 1. The van der Waals surface area contributed by atoms with Crippen LogP contribution < -0.4 is 0 Å². The highest BCUT2D eigenvalue weighted by Gasteiger charge is 2.46. The summed E-state index contributed by atoms with van der Waals surface area (Å²) in [7, 11) is 3.17. The number of ether oxygens (including phenoxy) is 1. The van der Waals surface area contributed by atoms with E-state index in [-0.39, 0.29) is 11.8 Å². The van der Waals surface area contributed by atoms with Crippen molar-refractivity contribution in [1.82, 2.24) is 24.8 Å². The monoisotopic (exact) mass is 426 g/mol. The van der Waals surface area contributed by atoms with Crippen LogP contribution in [-0.4, -0.2) is 37.9 Å². The number of hydrogen-bond donors (Lipinski definition) is 0. The third kappa shape index (κ3) is 3.13. The number of carbonyl (C=O) groups excluding carboxylic acids is 1. The maximum absolute atomic E-state index is 12.3. The first-order chi connectivity index (χ1) is 13.0. The standard InChI is InChI=1S/C18H15BrN6O2/c1-24-9-16(22-23-24)13-6-14(13)17-15(18(26)27-2)8-21-25(17)12-4-10(7-20)3-11(19)5-12/h3-5,8-9,13-14H,6H2,1-2H3. The summed E-state index contributed by atoms with van der Waals surface area (Å²) in [5.74, 6) is -0.195. The number of halogens is 1. The van der Waals surface area contributed by atoms with E-state index in [0.717, 1.165) is 22.3 Å². The normalized spacial score (nSPS) is 18.1. The average molecular weight is 427 g/mol. The molecule has 0 bridgehead atoms. The van der Waals surface area contributed by atoms with Crippen molar-refractivity contribution in [3.05, 3.63) is 57.6 Å². The number of nitriles is 1. The Morgan fingerprint density at radius 2 is 2.19 bits per heavy atom. The van der Waals surface area contributed by atoms with E-state index >= 15 is 0 Å². The molecule has 8 nitrogen and oxygen atoms in total. The quantitative estimate of drug-likeness (QED) is 0.594. The van der Waals surface area contributed by atoms with Gasteiger partial charge in [0.25, 0.3) is 0 Å². The molecule has 27 heavy (non-hydrogen) atoms. The van der Waals surface area contributed by atoms with Crippen molar-refractivity contribution in [3.63, 3.8) is 0 Å². The molecule has 0 N–H and O–H groups in total. The van der Waals surface area contributed by atoms with Gasteiger partial charge in [-0.25, -0.2) is 9.48 Å². The molecule has 0 radical (unpaired) electrons. The van der Waals surface area contributed by atoms with E-state index in [4.69, 9.17) is 4.74 Å². The molecule has 0 aliphatic heterocycles. The number of aromatic nitrogens is 5. The van der Waals surface area contributed by atoms with Gasteiger partial charge in [0, 0.05) is 29.6 Å². The molecular weight excluding hydrogens is 412 g/mol. The summed E-state index contributed by atoms with van der Waals surface area (Å²) in [6.45, 7) is 0. The molecule has 136 valence electrons. The number of rotatable bonds is 4. The fourth-order valence-electron chi connectivity index (χ4n) is 3.31. The largest absolute Gasteiger partial charge is 0.465 e. The zero-order chi connectivity index (χ0) is 19.1. The molecular formula is C18H15BrN6O2. The smallest absolute Gasteiger partial charge is 0.341 e. The van der Waals surface area contributed by atoms with Gasteiger partial charge in [-0.1, -0.05) is 21.1 Å². The minimum absolute atomic E-state index is 0.0721. The number of benzene rings is 1. The van der Waals surface area contributed by atoms with Gasteiger partial charge < -0.3 is 4.74 Å². The van der Waals surface area contributed by atoms with Gasteiger partial charge >= 0.3 is 5.97 Å². The maximum atomic E-state index is 12.3. The molecule has 9 heteroatoms. The molecule has 3 aromatic rings. The number of carbonyl (C=O) groups is 1. The Bertz CT molecular complexity index is 1080. The third-order valence-electron chi connectivity index (χ3n) is 4.61. The first kappa shape index (κ1) is 17.4. The van der Waals surface area contributed by atoms with Crippen LogP contribution in [0.4, 0.5) is 0 Å². The first-order valence-corrected chi connectivity index (χ1v) is 9.04. The summed E-state index contributed by atoms with van der Waals surface area (Å²) >= 11 is 3.42. The van der Waals surface area contributed by atoms with Gasteiger partial charge in [0.2, 0.25) is 0 Å². The highest BCUT2D eigenvalue weighted by Crippen LogP contribution is 2.55. The Morgan fingerprint density at radius 1 is 1.37 bits per heavy atom. The Labute approximate surface area is 163 Å². The van der Waals surface area contributed by atoms with Crippen LogP contribution >= 0.6 is 15.9 Å². The highest BCUT2D eigenvalue weighted by molar-refractivity contribution is 9.10. The van der Waals surface area contributed by atoms with Crippen molar-refractivity contribution in [3.8, 4) is 11.8 Å². The fourth-order valence-corrected chi connectivity index (χ4v) is 3.79. The predicted octanol–water partition coefficient (Wildman–Crippen LogP) is 2.69. The van der Waals surface area contributed by atoms with Gasteiger partial charge in [0.05, 0.1) is 42.0 Å². The van der Waals surface area contributed by atoms with Crippen molar-refractivity contribution in [2.45, 2.75) is 18.3 Å². The summed E-state index contributed by atoms with van der Waals surface area (Å²) in [5.41, 5.74) is 3.28. The van der Waals surface area contributed by atoms with E-state index in [1.165, 1.54) is 13.3 Å². The fraction of sp³-hybridized carbons (Fsp3) is 0.278. The van der Waals surface area contributed by atoms with E-state index in [1.807, 2.05) is 19.3 Å². The molecule has 2 heterocycles. The summed E-state index contributed by atoms with van der Waals surface area (Å²) in [4.78, 5) is 12.3. The molecule has 1 aliphatic rings. The van der Waals surface area contributed by atoms with Crippen molar-refractivity contribution in [2.24, 2.45) is 7.05 Å². The van der Waals surface area contributed by atoms with Crippen LogP contribution in [0.15, 0.2) is 35.1 Å². The minimum atomic E-state index is -0.434. The zero-order valence-electron chi connectivity index (χ0n) is 14.6. The lowest BCUT2D eigenvalue weighted by Crippen LogP contribution is -2.08. The Morgan fingerprint density at radius 3 is 2.85 bits per heavy atom. The second kappa shape index (κ2) is 6.63. The topological polar surface area (TPSA) is 98.6 Å². The van der Waals surface area contributed by atoms with Gasteiger partial charge in [-0.15, -0.1) is 5.10 Å². The van der Waals surface area contributed by atoms with Crippen LogP contribution in [0, 0.1) is 11.3 Å². The van der Waals surface area contributed by atoms with Crippen LogP contribution in [-0.2, 0) is 11.8 Å². The van der Waals surface area contributed by atoms with E-state index in [0.29, 0.717) is 16.8 Å². The molecule has 1 aromatic carbocycles. The van der Waals surface area contributed by atoms with Crippen molar-refractivity contribution in [1.29, 1.82) is 5.26 Å². The van der Waals surface area contributed by atoms with Gasteiger partial charge in [-0.2, -0.15) is 10.4 Å². The van der Waals surface area contributed by atoms with E-state index < -0.39 is 5.97 Å². The summed E-state index contributed by atoms with van der Waals surface area (Å²) in [5, 5.41) is 21.9. The molecule has 1 saturated carbocycles. The van der Waals surface area contributed by atoms with Crippen LogP contribution in [0.1, 0.15) is 45.6 Å². The molecule has 2 aromatic heterocycles. The minimum Gasteiger partial charge on any atom is -0.465 e. The highest BCUT2D eigenvalue weighted by atomic mass is 79.9. The average Bonchev–Trinajstić information content (AvgIpc) is 3.11. The van der Waals surface area contributed by atoms with Gasteiger partial charge in [0.1, 0.15) is 5.56 Å². The predicted molar refractivity (Wildman–Crippen MR) is 98.4 cm³/mol. The van der Waals surface area contributed by atoms with Crippen LogP contribution in [0.25, 0.3) is 5.69 Å². The lowest BCUT2D eigenvalue weighted by Gasteiger charge is -2.10. The number of nitrogens with zero attached hydrogens (tertiary/aromatic N) is 6. The summed E-state index contributed by atoms with van der Waals surface area (Å²) in [6.07, 6.45) is 4.24. The van der Waals surface area contributed by atoms with E-state index in [2.05, 4.69) is 37.4 Å². The molecule has 4 rings (SSSR count). The molecule has 2 atom stereocenters. The maximum Gasteiger partial charge on any atom is 0.341 e. The van der Waals surface area contributed by atoms with Crippen LogP contribution in [0.2, 0.25) is 0 Å². The Balaban J connectivity index is 1.80.